The summed E-state index contributed by atoms with van der Waals surface area (Å²) in [7, 11) is -3.58. The molecule has 34 heavy (non-hydrogen) atoms. The van der Waals surface area contributed by atoms with Crippen molar-refractivity contribution in [1.29, 1.82) is 0 Å². The van der Waals surface area contributed by atoms with E-state index in [2.05, 4.69) is 16.8 Å². The van der Waals surface area contributed by atoms with E-state index in [0.29, 0.717) is 44.7 Å². The Bertz CT molecular complexity index is 1070. The normalized spacial score (nSPS) is 19.1. The molecule has 1 N–H and O–H groups in total. The van der Waals surface area contributed by atoms with Crippen LogP contribution in [0.3, 0.4) is 0 Å². The fourth-order valence-electron chi connectivity index (χ4n) is 5.05. The van der Waals surface area contributed by atoms with Crippen molar-refractivity contribution in [2.24, 2.45) is 0 Å². The van der Waals surface area contributed by atoms with Crippen molar-refractivity contribution in [3.05, 3.63) is 24.0 Å². The van der Waals surface area contributed by atoms with Crippen LogP contribution in [0.25, 0.3) is 11.0 Å². The maximum absolute atomic E-state index is 13.1. The molecule has 2 aliphatic rings. The van der Waals surface area contributed by atoms with E-state index in [1.165, 1.54) is 36.4 Å². The van der Waals surface area contributed by atoms with E-state index in [1.54, 1.807) is 12.1 Å². The van der Waals surface area contributed by atoms with Gasteiger partial charge < -0.3 is 14.6 Å². The summed E-state index contributed by atoms with van der Waals surface area (Å²) in [5, 5.41) is 3.24. The van der Waals surface area contributed by atoms with Gasteiger partial charge in [-0.2, -0.15) is 4.31 Å². The molecule has 0 unspecified atom stereocenters. The Balaban J connectivity index is 1.48. The minimum Gasteiger partial charge on any atom is -0.379 e. The molecule has 8 nitrogen and oxygen atoms in total. The quantitative estimate of drug-likeness (QED) is 0.610. The summed E-state index contributed by atoms with van der Waals surface area (Å²) >= 11 is 0. The van der Waals surface area contributed by atoms with Gasteiger partial charge in [0.05, 0.1) is 29.1 Å². The average molecular weight is 491 g/mol. The predicted molar refractivity (Wildman–Crippen MR) is 132 cm³/mol. The highest BCUT2D eigenvalue weighted by atomic mass is 32.2. The van der Waals surface area contributed by atoms with Crippen LogP contribution < -0.4 is 5.32 Å². The van der Waals surface area contributed by atoms with Crippen LogP contribution in [0.2, 0.25) is 0 Å². The number of nitrogens with zero attached hydrogens (tertiary/aromatic N) is 3. The molecular weight excluding hydrogens is 452 g/mol. The van der Waals surface area contributed by atoms with Crippen LogP contribution in [0.4, 0.5) is 0 Å². The van der Waals surface area contributed by atoms with Gasteiger partial charge in [-0.1, -0.05) is 39.0 Å². The van der Waals surface area contributed by atoms with E-state index >= 15 is 0 Å². The van der Waals surface area contributed by atoms with Gasteiger partial charge in [-0.25, -0.2) is 13.4 Å². The third kappa shape index (κ3) is 5.98. The lowest BCUT2D eigenvalue weighted by molar-refractivity contribution is -0.121. The van der Waals surface area contributed by atoms with Crippen LogP contribution in [0.1, 0.15) is 70.5 Å². The molecule has 4 rings (SSSR count). The molecule has 1 aromatic carbocycles. The number of carbonyl (C=O) groups is 1. The molecule has 1 aliphatic heterocycles. The maximum atomic E-state index is 13.1. The lowest BCUT2D eigenvalue weighted by Crippen LogP contribution is -2.40. The number of hydrogen-bond donors (Lipinski definition) is 1. The molecule has 1 saturated heterocycles. The summed E-state index contributed by atoms with van der Waals surface area (Å²) in [5.74, 6) is 0.918. The lowest BCUT2D eigenvalue weighted by atomic mass is 9.96. The molecule has 2 heterocycles. The summed E-state index contributed by atoms with van der Waals surface area (Å²) in [6.45, 7) is 4.46. The topological polar surface area (TPSA) is 93.5 Å². The van der Waals surface area contributed by atoms with E-state index in [9.17, 15) is 13.2 Å². The highest BCUT2D eigenvalue weighted by Crippen LogP contribution is 2.24. The van der Waals surface area contributed by atoms with Crippen LogP contribution in [0.5, 0.6) is 0 Å². The van der Waals surface area contributed by atoms with E-state index in [0.717, 1.165) is 37.1 Å². The number of rotatable bonds is 8. The standard InChI is InChI=1S/C25H38N4O4S/c1-2-14-29-23-11-10-21(34(31,32)28-15-17-33-18-16-28)19-22(23)27-24(29)12-13-25(30)26-20-8-6-4-3-5-7-9-20/h10-11,19-20H,2-9,12-18H2,1H3,(H,26,30). The van der Waals surface area contributed by atoms with Crippen LogP contribution in [0.15, 0.2) is 23.1 Å². The van der Waals surface area contributed by atoms with Crippen molar-refractivity contribution in [2.75, 3.05) is 26.3 Å². The van der Waals surface area contributed by atoms with E-state index < -0.39 is 10.0 Å². The van der Waals surface area contributed by atoms with Gasteiger partial charge in [0, 0.05) is 38.5 Å². The zero-order chi connectivity index (χ0) is 24.0. The van der Waals surface area contributed by atoms with Crippen molar-refractivity contribution >= 4 is 27.0 Å². The second kappa shape index (κ2) is 11.6. The number of amides is 1. The summed E-state index contributed by atoms with van der Waals surface area (Å²) in [4.78, 5) is 17.7. The fraction of sp³-hybridized carbons (Fsp3) is 0.680. The third-order valence-electron chi connectivity index (χ3n) is 6.90. The zero-order valence-electron chi connectivity index (χ0n) is 20.3. The Morgan fingerprint density at radius 3 is 2.53 bits per heavy atom. The number of carbonyl (C=O) groups excluding carboxylic acids is 1. The number of nitrogens with one attached hydrogen (secondary N) is 1. The molecule has 1 saturated carbocycles. The Morgan fingerprint density at radius 1 is 1.12 bits per heavy atom. The molecule has 188 valence electrons. The molecule has 2 aromatic rings. The molecule has 0 spiro atoms. The molecule has 0 atom stereocenters. The number of ether oxygens (including phenoxy) is 1. The SMILES string of the molecule is CCCn1c(CCC(=O)NC2CCCCCCC2)nc2cc(S(=O)(=O)N3CCOCC3)ccc21. The van der Waals surface area contributed by atoms with Crippen molar-refractivity contribution in [2.45, 2.75) is 88.6 Å². The predicted octanol–water partition coefficient (Wildman–Crippen LogP) is 3.63. The molecule has 1 aliphatic carbocycles. The Kier molecular flexibility index (Phi) is 8.60. The molecular formula is C25H38N4O4S. The Labute approximate surface area is 203 Å². The van der Waals surface area contributed by atoms with Gasteiger partial charge in [-0.05, 0) is 37.5 Å². The number of aromatic nitrogens is 2. The minimum atomic E-state index is -3.58. The first-order valence-corrected chi connectivity index (χ1v) is 14.3. The van der Waals surface area contributed by atoms with Gasteiger partial charge in [0.25, 0.3) is 0 Å². The van der Waals surface area contributed by atoms with Gasteiger partial charge in [-0.15, -0.1) is 0 Å². The van der Waals surface area contributed by atoms with Gasteiger partial charge in [0.1, 0.15) is 5.82 Å². The number of hydrogen-bond acceptors (Lipinski definition) is 5. The maximum Gasteiger partial charge on any atom is 0.243 e. The lowest BCUT2D eigenvalue weighted by Gasteiger charge is -2.26. The summed E-state index contributed by atoms with van der Waals surface area (Å²) in [6, 6.07) is 5.48. The van der Waals surface area contributed by atoms with Crippen LogP contribution >= 0.6 is 0 Å². The average Bonchev–Trinajstić information content (AvgIpc) is 3.17. The minimum absolute atomic E-state index is 0.0799. The molecule has 0 radical (unpaired) electrons. The molecule has 2 fully saturated rings. The molecule has 1 amide bonds. The van der Waals surface area contributed by atoms with Crippen molar-refractivity contribution in [3.63, 3.8) is 0 Å². The van der Waals surface area contributed by atoms with Crippen molar-refractivity contribution in [3.8, 4) is 0 Å². The number of sulfonamides is 1. The first-order valence-electron chi connectivity index (χ1n) is 12.9. The van der Waals surface area contributed by atoms with Gasteiger partial charge in [0.15, 0.2) is 0 Å². The highest BCUT2D eigenvalue weighted by molar-refractivity contribution is 7.89. The number of fused-ring (bicyclic) bond motifs is 1. The van der Waals surface area contributed by atoms with Crippen LogP contribution in [0, 0.1) is 0 Å². The van der Waals surface area contributed by atoms with E-state index in [-0.39, 0.29) is 16.8 Å². The largest absolute Gasteiger partial charge is 0.379 e. The number of benzene rings is 1. The molecule has 9 heteroatoms. The summed E-state index contributed by atoms with van der Waals surface area (Å²) < 4.78 is 35.1. The first-order chi connectivity index (χ1) is 16.5. The van der Waals surface area contributed by atoms with E-state index in [4.69, 9.17) is 9.72 Å². The van der Waals surface area contributed by atoms with Gasteiger partial charge in [-0.3, -0.25) is 4.79 Å². The summed E-state index contributed by atoms with van der Waals surface area (Å²) in [6.07, 6.45) is 10.2. The number of morpholine rings is 1. The first kappa shape index (κ1) is 25.1. The number of imidazole rings is 1. The second-order valence-corrected chi connectivity index (χ2v) is 11.4. The number of aryl methyl sites for hydroxylation is 2. The summed E-state index contributed by atoms with van der Waals surface area (Å²) in [5.41, 5.74) is 1.58. The Hall–Kier alpha value is -1.97. The smallest absolute Gasteiger partial charge is 0.243 e. The van der Waals surface area contributed by atoms with Crippen LogP contribution in [-0.2, 0) is 32.5 Å². The third-order valence-corrected chi connectivity index (χ3v) is 8.79. The van der Waals surface area contributed by atoms with Crippen LogP contribution in [-0.4, -0.2) is 60.5 Å². The Morgan fingerprint density at radius 2 is 1.82 bits per heavy atom. The second-order valence-electron chi connectivity index (χ2n) is 9.46. The van der Waals surface area contributed by atoms with Crippen molar-refractivity contribution in [1.82, 2.24) is 19.2 Å². The van der Waals surface area contributed by atoms with Gasteiger partial charge >= 0.3 is 0 Å². The van der Waals surface area contributed by atoms with E-state index in [1.807, 2.05) is 6.07 Å². The van der Waals surface area contributed by atoms with Crippen molar-refractivity contribution < 1.29 is 17.9 Å². The zero-order valence-corrected chi connectivity index (χ0v) is 21.1. The monoisotopic (exact) mass is 490 g/mol. The molecule has 1 aromatic heterocycles. The highest BCUT2D eigenvalue weighted by Gasteiger charge is 2.27. The molecule has 0 bridgehead atoms. The van der Waals surface area contributed by atoms with Gasteiger partial charge in [0.2, 0.25) is 15.9 Å². The fourth-order valence-corrected chi connectivity index (χ4v) is 6.47.